The van der Waals surface area contributed by atoms with Gasteiger partial charge in [0.15, 0.2) is 5.78 Å². The highest BCUT2D eigenvalue weighted by atomic mass is 19.1. The Bertz CT molecular complexity index is 465. The number of ether oxygens (including phenoxy) is 1. The van der Waals surface area contributed by atoms with Gasteiger partial charge in [0.2, 0.25) is 0 Å². The molecule has 1 rings (SSSR count). The zero-order chi connectivity index (χ0) is 14.6. The molecule has 19 heavy (non-hydrogen) atoms. The number of ketones is 1. The molecule has 0 aromatic heterocycles. The third-order valence-corrected chi connectivity index (χ3v) is 2.93. The first-order valence-corrected chi connectivity index (χ1v) is 6.04. The average molecular weight is 270 g/mol. The molecule has 2 atom stereocenters. The predicted molar refractivity (Wildman–Crippen MR) is 65.6 cm³/mol. The van der Waals surface area contributed by atoms with E-state index in [4.69, 9.17) is 4.74 Å². The first-order valence-electron chi connectivity index (χ1n) is 6.04. The molecule has 0 unspecified atom stereocenters. The monoisotopic (exact) mass is 270 g/mol. The number of benzene rings is 1. The van der Waals surface area contributed by atoms with Crippen molar-refractivity contribution in [3.05, 3.63) is 35.4 Å². The summed E-state index contributed by atoms with van der Waals surface area (Å²) in [5.74, 6) is -4.93. The van der Waals surface area contributed by atoms with Crippen LogP contribution in [0.3, 0.4) is 0 Å². The first kappa shape index (κ1) is 15.3. The van der Waals surface area contributed by atoms with E-state index in [2.05, 4.69) is 0 Å². The Labute approximate surface area is 110 Å². The van der Waals surface area contributed by atoms with E-state index in [9.17, 15) is 18.4 Å². The molecule has 1 aromatic carbocycles. The van der Waals surface area contributed by atoms with E-state index in [0.29, 0.717) is 0 Å². The van der Waals surface area contributed by atoms with Gasteiger partial charge in [-0.3, -0.25) is 9.59 Å². The van der Waals surface area contributed by atoms with Crippen molar-refractivity contribution in [2.75, 3.05) is 6.61 Å². The highest BCUT2D eigenvalue weighted by Gasteiger charge is 2.30. The van der Waals surface area contributed by atoms with Crippen LogP contribution in [0.25, 0.3) is 0 Å². The van der Waals surface area contributed by atoms with Crippen molar-refractivity contribution in [2.45, 2.75) is 26.7 Å². The summed E-state index contributed by atoms with van der Waals surface area (Å²) in [5.41, 5.74) is -0.316. The number of esters is 1. The van der Waals surface area contributed by atoms with E-state index in [1.54, 1.807) is 6.92 Å². The number of carbonyl (C=O) groups is 2. The van der Waals surface area contributed by atoms with Crippen LogP contribution >= 0.6 is 0 Å². The summed E-state index contributed by atoms with van der Waals surface area (Å²) >= 11 is 0. The Morgan fingerprint density at radius 3 is 2.21 bits per heavy atom. The molecule has 0 fully saturated rings. The van der Waals surface area contributed by atoms with E-state index in [1.807, 2.05) is 0 Å². The minimum absolute atomic E-state index is 0.152. The van der Waals surface area contributed by atoms with Crippen LogP contribution in [-0.2, 0) is 14.3 Å². The zero-order valence-electron chi connectivity index (χ0n) is 11.1. The third-order valence-electron chi connectivity index (χ3n) is 2.93. The van der Waals surface area contributed by atoms with Gasteiger partial charge >= 0.3 is 5.97 Å². The van der Waals surface area contributed by atoms with Crippen molar-refractivity contribution in [3.63, 3.8) is 0 Å². The lowest BCUT2D eigenvalue weighted by Crippen LogP contribution is -2.27. The van der Waals surface area contributed by atoms with Crippen LogP contribution in [0.1, 0.15) is 32.3 Å². The van der Waals surface area contributed by atoms with Crippen LogP contribution in [0.4, 0.5) is 8.78 Å². The topological polar surface area (TPSA) is 43.4 Å². The van der Waals surface area contributed by atoms with Crippen LogP contribution in [0, 0.1) is 17.6 Å². The van der Waals surface area contributed by atoms with Crippen molar-refractivity contribution in [2.24, 2.45) is 5.92 Å². The molecule has 0 saturated carbocycles. The van der Waals surface area contributed by atoms with Gasteiger partial charge in [-0.2, -0.15) is 0 Å². The molecule has 0 amide bonds. The molecule has 1 aromatic rings. The largest absolute Gasteiger partial charge is 0.465 e. The maximum absolute atomic E-state index is 13.6. The Hall–Kier alpha value is -1.78. The van der Waals surface area contributed by atoms with Crippen LogP contribution < -0.4 is 0 Å². The maximum Gasteiger partial charge on any atom is 0.316 e. The molecular formula is C14H16F2O3. The minimum atomic E-state index is -1.05. The molecule has 0 N–H and O–H groups in total. The number of hydrogen-bond donors (Lipinski definition) is 0. The van der Waals surface area contributed by atoms with Crippen LogP contribution in [0.2, 0.25) is 0 Å². The predicted octanol–water partition coefficient (Wildman–Crippen LogP) is 2.84. The molecule has 104 valence electrons. The van der Waals surface area contributed by atoms with Crippen molar-refractivity contribution in [1.29, 1.82) is 0 Å². The summed E-state index contributed by atoms with van der Waals surface area (Å²) in [4.78, 5) is 23.5. The number of rotatable bonds is 5. The maximum atomic E-state index is 13.6. The van der Waals surface area contributed by atoms with E-state index >= 15 is 0 Å². The Kier molecular flexibility index (Phi) is 5.15. The van der Waals surface area contributed by atoms with Gasteiger partial charge in [-0.15, -0.1) is 0 Å². The Balaban J connectivity index is 2.97. The highest BCUT2D eigenvalue weighted by molar-refractivity contribution is 6.01. The van der Waals surface area contributed by atoms with Crippen molar-refractivity contribution in [3.8, 4) is 0 Å². The summed E-state index contributed by atoms with van der Waals surface area (Å²) in [6.45, 7) is 4.52. The number of hydrogen-bond acceptors (Lipinski definition) is 3. The van der Waals surface area contributed by atoms with Gasteiger partial charge in [-0.25, -0.2) is 8.78 Å². The van der Waals surface area contributed by atoms with Gasteiger partial charge in [0, 0.05) is 11.5 Å². The quantitative estimate of drug-likeness (QED) is 0.610. The number of carbonyl (C=O) groups excluding carboxylic acids is 2. The Morgan fingerprint density at radius 1 is 1.21 bits per heavy atom. The second kappa shape index (κ2) is 6.41. The fourth-order valence-corrected chi connectivity index (χ4v) is 1.83. The number of halogens is 2. The molecule has 0 aliphatic heterocycles. The summed E-state index contributed by atoms with van der Waals surface area (Å²) < 4.78 is 31.9. The molecule has 0 bridgehead atoms. The molecular weight excluding hydrogens is 254 g/mol. The average Bonchev–Trinajstić information content (AvgIpc) is 2.36. The highest BCUT2D eigenvalue weighted by Crippen LogP contribution is 2.25. The van der Waals surface area contributed by atoms with E-state index in [-0.39, 0.29) is 12.2 Å². The van der Waals surface area contributed by atoms with E-state index in [0.717, 1.165) is 12.1 Å². The second-order valence-electron chi connectivity index (χ2n) is 4.23. The van der Waals surface area contributed by atoms with E-state index in [1.165, 1.54) is 19.9 Å². The first-order chi connectivity index (χ1) is 8.90. The van der Waals surface area contributed by atoms with Gasteiger partial charge in [-0.1, -0.05) is 13.0 Å². The summed E-state index contributed by atoms with van der Waals surface area (Å²) in [6, 6.07) is 3.38. The van der Waals surface area contributed by atoms with Gasteiger partial charge in [0.05, 0.1) is 6.61 Å². The van der Waals surface area contributed by atoms with Crippen molar-refractivity contribution in [1.82, 2.24) is 0 Å². The van der Waals surface area contributed by atoms with Crippen molar-refractivity contribution < 1.29 is 23.1 Å². The lowest BCUT2D eigenvalue weighted by Gasteiger charge is -2.16. The second-order valence-corrected chi connectivity index (χ2v) is 4.23. The van der Waals surface area contributed by atoms with E-state index < -0.39 is 35.2 Å². The van der Waals surface area contributed by atoms with Crippen LogP contribution in [0.5, 0.6) is 0 Å². The van der Waals surface area contributed by atoms with Gasteiger partial charge in [0.25, 0.3) is 0 Å². The molecule has 5 heteroatoms. The Morgan fingerprint density at radius 2 is 1.74 bits per heavy atom. The zero-order valence-corrected chi connectivity index (χ0v) is 11.1. The fourth-order valence-electron chi connectivity index (χ4n) is 1.83. The van der Waals surface area contributed by atoms with Crippen molar-refractivity contribution >= 4 is 11.8 Å². The molecule has 0 radical (unpaired) electrons. The molecule has 0 spiro atoms. The molecule has 0 aliphatic carbocycles. The van der Waals surface area contributed by atoms with Gasteiger partial charge in [0.1, 0.15) is 17.6 Å². The number of Topliss-reactive ketones (excluding diaryl/α,β-unsaturated/α-hetero) is 1. The molecule has 3 nitrogen and oxygen atoms in total. The van der Waals surface area contributed by atoms with Gasteiger partial charge < -0.3 is 4.74 Å². The fraction of sp³-hybridized carbons (Fsp3) is 0.429. The molecule has 0 heterocycles. The smallest absolute Gasteiger partial charge is 0.316 e. The van der Waals surface area contributed by atoms with Gasteiger partial charge in [-0.05, 0) is 26.0 Å². The molecule has 0 aliphatic rings. The summed E-state index contributed by atoms with van der Waals surface area (Å²) in [6.07, 6.45) is 0. The normalized spacial score (nSPS) is 13.7. The summed E-state index contributed by atoms with van der Waals surface area (Å²) in [7, 11) is 0. The van der Waals surface area contributed by atoms with Crippen LogP contribution in [-0.4, -0.2) is 18.4 Å². The minimum Gasteiger partial charge on any atom is -0.465 e. The lowest BCUT2D eigenvalue weighted by atomic mass is 9.89. The third kappa shape index (κ3) is 3.36. The SMILES string of the molecule is CCOC(=O)[C@@H](C)C(=O)[C@H](C)c1c(F)cccc1F. The lowest BCUT2D eigenvalue weighted by molar-refractivity contribution is -0.151. The standard InChI is InChI=1S/C14H16F2O3/c1-4-19-14(18)9(3)13(17)8(2)12-10(15)6-5-7-11(12)16/h5-9H,4H2,1-3H3/t8-,9+/m1/s1. The summed E-state index contributed by atoms with van der Waals surface area (Å²) in [5, 5.41) is 0. The molecule has 0 saturated heterocycles. The van der Waals surface area contributed by atoms with Crippen LogP contribution in [0.15, 0.2) is 18.2 Å².